The van der Waals surface area contributed by atoms with Gasteiger partial charge in [0.2, 0.25) is 0 Å². The lowest BCUT2D eigenvalue weighted by molar-refractivity contribution is -0.138. The van der Waals surface area contributed by atoms with Crippen LogP contribution in [0.5, 0.6) is 0 Å². The minimum absolute atomic E-state index is 0.309. The Labute approximate surface area is 128 Å². The van der Waals surface area contributed by atoms with Gasteiger partial charge in [-0.25, -0.2) is 4.79 Å². The lowest BCUT2D eigenvalue weighted by Crippen LogP contribution is -2.06. The Bertz CT molecular complexity index is 532. The van der Waals surface area contributed by atoms with Crippen molar-refractivity contribution in [2.75, 3.05) is 6.61 Å². The summed E-state index contributed by atoms with van der Waals surface area (Å²) in [5, 5.41) is 2.17. The fourth-order valence-corrected chi connectivity index (χ4v) is 4.31. The number of rotatable bonds is 5. The summed E-state index contributed by atoms with van der Waals surface area (Å²) in [6.45, 7) is 7.75. The zero-order valence-electron chi connectivity index (χ0n) is 11.7. The number of aryl methyl sites for hydroxylation is 1. The molecule has 1 aromatic carbocycles. The molecule has 1 aliphatic heterocycles. The van der Waals surface area contributed by atoms with E-state index in [1.165, 1.54) is 16.0 Å². The average Bonchev–Trinajstić information content (AvgIpc) is 2.88. The molecule has 0 spiro atoms. The lowest BCUT2D eigenvalue weighted by Gasteiger charge is -2.10. The van der Waals surface area contributed by atoms with Gasteiger partial charge in [0.15, 0.2) is 0 Å². The van der Waals surface area contributed by atoms with Crippen LogP contribution in [0.3, 0.4) is 0 Å². The van der Waals surface area contributed by atoms with Crippen LogP contribution < -0.4 is 0 Å². The largest absolute Gasteiger partial charge is 0.462 e. The fraction of sp³-hybridized carbons (Fsp3) is 0.312. The monoisotopic (exact) mass is 306 g/mol. The highest BCUT2D eigenvalue weighted by molar-refractivity contribution is 8.22. The maximum absolute atomic E-state index is 11.3. The van der Waals surface area contributed by atoms with E-state index in [-0.39, 0.29) is 5.97 Å². The minimum Gasteiger partial charge on any atom is -0.462 e. The predicted octanol–water partition coefficient (Wildman–Crippen LogP) is 4.82. The molecule has 0 radical (unpaired) electrons. The van der Waals surface area contributed by atoms with Gasteiger partial charge in [-0.1, -0.05) is 36.4 Å². The molecule has 0 fully saturated rings. The van der Waals surface area contributed by atoms with E-state index >= 15 is 0 Å². The second-order valence-corrected chi connectivity index (χ2v) is 7.26. The molecule has 0 saturated heterocycles. The van der Waals surface area contributed by atoms with E-state index in [1.54, 1.807) is 6.92 Å². The first-order valence-corrected chi connectivity index (χ1v) is 8.29. The lowest BCUT2D eigenvalue weighted by atomic mass is 10.2. The molecule has 1 atom stereocenters. The third-order valence-corrected chi connectivity index (χ3v) is 5.68. The second kappa shape index (κ2) is 7.04. The van der Waals surface area contributed by atoms with Crippen LogP contribution in [-0.2, 0) is 9.53 Å². The van der Waals surface area contributed by atoms with Crippen LogP contribution in [0.4, 0.5) is 0 Å². The van der Waals surface area contributed by atoms with E-state index in [0.29, 0.717) is 16.8 Å². The number of hydrogen-bond acceptors (Lipinski definition) is 4. The van der Waals surface area contributed by atoms with Crippen LogP contribution in [0.15, 0.2) is 46.7 Å². The van der Waals surface area contributed by atoms with Gasteiger partial charge in [0.05, 0.1) is 11.2 Å². The first-order chi connectivity index (χ1) is 9.56. The van der Waals surface area contributed by atoms with E-state index in [2.05, 4.69) is 43.2 Å². The Morgan fingerprint density at radius 2 is 2.05 bits per heavy atom. The van der Waals surface area contributed by atoms with Crippen molar-refractivity contribution in [3.8, 4) is 0 Å². The Hall–Kier alpha value is -1.13. The molecule has 0 aromatic heterocycles. The Kier molecular flexibility index (Phi) is 5.38. The molecule has 2 nitrogen and oxygen atoms in total. The molecule has 0 bridgehead atoms. The van der Waals surface area contributed by atoms with Gasteiger partial charge in [0.25, 0.3) is 0 Å². The van der Waals surface area contributed by atoms with Crippen LogP contribution in [0.1, 0.15) is 29.1 Å². The number of carbonyl (C=O) groups excluding carboxylic acids is 1. The van der Waals surface area contributed by atoms with Crippen molar-refractivity contribution < 1.29 is 9.53 Å². The van der Waals surface area contributed by atoms with Crippen molar-refractivity contribution in [2.45, 2.75) is 24.9 Å². The SMILES string of the molecule is C=C(C)C(=O)OCCC1=CSC(c2ccc(C)cc2)S1. The van der Waals surface area contributed by atoms with E-state index in [1.807, 2.05) is 23.5 Å². The van der Waals surface area contributed by atoms with Gasteiger partial charge in [-0.05, 0) is 29.7 Å². The number of hydrogen-bond donors (Lipinski definition) is 0. The van der Waals surface area contributed by atoms with Crippen molar-refractivity contribution in [2.24, 2.45) is 0 Å². The molecular formula is C16H18O2S2. The predicted molar refractivity (Wildman–Crippen MR) is 87.6 cm³/mol. The van der Waals surface area contributed by atoms with Gasteiger partial charge in [-0.15, -0.1) is 23.5 Å². The molecule has 0 amide bonds. The molecule has 106 valence electrons. The highest BCUT2D eigenvalue weighted by Gasteiger charge is 2.20. The van der Waals surface area contributed by atoms with Gasteiger partial charge >= 0.3 is 5.97 Å². The Morgan fingerprint density at radius 1 is 1.35 bits per heavy atom. The summed E-state index contributed by atoms with van der Waals surface area (Å²) in [6.07, 6.45) is 0.777. The molecule has 4 heteroatoms. The van der Waals surface area contributed by atoms with Gasteiger partial charge in [-0.3, -0.25) is 0 Å². The molecule has 1 heterocycles. The molecule has 1 unspecified atom stereocenters. The van der Waals surface area contributed by atoms with Crippen LogP contribution in [0.2, 0.25) is 0 Å². The van der Waals surface area contributed by atoms with E-state index in [0.717, 1.165) is 6.42 Å². The molecule has 20 heavy (non-hydrogen) atoms. The van der Waals surface area contributed by atoms with Crippen molar-refractivity contribution in [3.63, 3.8) is 0 Å². The normalized spacial score (nSPS) is 17.7. The third kappa shape index (κ3) is 4.18. The number of ether oxygens (including phenoxy) is 1. The van der Waals surface area contributed by atoms with Gasteiger partial charge in [0.1, 0.15) is 0 Å². The van der Waals surface area contributed by atoms with Crippen molar-refractivity contribution in [1.82, 2.24) is 0 Å². The number of esters is 1. The van der Waals surface area contributed by atoms with Crippen LogP contribution in [-0.4, -0.2) is 12.6 Å². The maximum atomic E-state index is 11.3. The Morgan fingerprint density at radius 3 is 2.70 bits per heavy atom. The summed E-state index contributed by atoms with van der Waals surface area (Å²) in [4.78, 5) is 12.6. The second-order valence-electron chi connectivity index (χ2n) is 4.75. The fourth-order valence-electron chi connectivity index (χ4n) is 1.69. The summed E-state index contributed by atoms with van der Waals surface area (Å²) in [7, 11) is 0. The smallest absolute Gasteiger partial charge is 0.333 e. The summed E-state index contributed by atoms with van der Waals surface area (Å²) in [5.41, 5.74) is 3.06. The van der Waals surface area contributed by atoms with E-state index in [9.17, 15) is 4.79 Å². The first kappa shape index (κ1) is 15.3. The number of thioether (sulfide) groups is 2. The zero-order valence-corrected chi connectivity index (χ0v) is 13.4. The van der Waals surface area contributed by atoms with Crippen LogP contribution >= 0.6 is 23.5 Å². The van der Waals surface area contributed by atoms with Gasteiger partial charge < -0.3 is 4.74 Å². The third-order valence-electron chi connectivity index (χ3n) is 2.86. The Balaban J connectivity index is 1.79. The topological polar surface area (TPSA) is 26.3 Å². The van der Waals surface area contributed by atoms with Crippen LogP contribution in [0.25, 0.3) is 0 Å². The zero-order chi connectivity index (χ0) is 14.5. The van der Waals surface area contributed by atoms with Crippen molar-refractivity contribution >= 4 is 29.5 Å². The number of carbonyl (C=O) groups is 1. The highest BCUT2D eigenvalue weighted by atomic mass is 32.2. The average molecular weight is 306 g/mol. The number of benzene rings is 1. The minimum atomic E-state index is -0.309. The summed E-state index contributed by atoms with van der Waals surface area (Å²) < 4.78 is 5.54. The maximum Gasteiger partial charge on any atom is 0.333 e. The standard InChI is InChI=1S/C16H18O2S2/c1-11(2)15(17)18-9-8-14-10-19-16(20-14)13-6-4-12(3)5-7-13/h4-7,10,16H,1,8-9H2,2-3H3. The molecular weight excluding hydrogens is 288 g/mol. The molecule has 0 saturated carbocycles. The highest BCUT2D eigenvalue weighted by Crippen LogP contribution is 2.51. The van der Waals surface area contributed by atoms with E-state index in [4.69, 9.17) is 4.74 Å². The molecule has 2 rings (SSSR count). The molecule has 0 aliphatic carbocycles. The van der Waals surface area contributed by atoms with Crippen molar-refractivity contribution in [3.05, 3.63) is 57.9 Å². The van der Waals surface area contributed by atoms with E-state index < -0.39 is 0 Å². The summed E-state index contributed by atoms with van der Waals surface area (Å²) in [6, 6.07) is 8.64. The van der Waals surface area contributed by atoms with Crippen LogP contribution in [0, 0.1) is 6.92 Å². The summed E-state index contributed by atoms with van der Waals surface area (Å²) >= 11 is 3.66. The van der Waals surface area contributed by atoms with Gasteiger partial charge in [-0.2, -0.15) is 0 Å². The molecule has 1 aliphatic rings. The van der Waals surface area contributed by atoms with Crippen molar-refractivity contribution in [1.29, 1.82) is 0 Å². The quantitative estimate of drug-likeness (QED) is 0.575. The molecule has 0 N–H and O–H groups in total. The summed E-state index contributed by atoms with van der Waals surface area (Å²) in [5.74, 6) is -0.309. The molecule has 1 aromatic rings. The van der Waals surface area contributed by atoms with Gasteiger partial charge in [0, 0.05) is 12.0 Å². The first-order valence-electron chi connectivity index (χ1n) is 6.46.